The SMILES string of the molecule is Cc1ccc(F)cc1C(C)C(C)C(=O)O. The molecule has 1 N–H and O–H groups in total. The van der Waals surface area contributed by atoms with Crippen LogP contribution in [-0.2, 0) is 4.79 Å². The van der Waals surface area contributed by atoms with Crippen LogP contribution in [0.25, 0.3) is 0 Å². The van der Waals surface area contributed by atoms with Crippen LogP contribution in [0.3, 0.4) is 0 Å². The summed E-state index contributed by atoms with van der Waals surface area (Å²) in [4.78, 5) is 10.8. The lowest BCUT2D eigenvalue weighted by atomic mass is 9.86. The smallest absolute Gasteiger partial charge is 0.306 e. The number of hydrogen-bond donors (Lipinski definition) is 1. The molecule has 2 atom stereocenters. The Hall–Kier alpha value is -1.38. The van der Waals surface area contributed by atoms with Crippen molar-refractivity contribution in [3.8, 4) is 0 Å². The van der Waals surface area contributed by atoms with Crippen molar-refractivity contribution in [2.24, 2.45) is 5.92 Å². The van der Waals surface area contributed by atoms with Gasteiger partial charge in [-0.3, -0.25) is 4.79 Å². The van der Waals surface area contributed by atoms with Gasteiger partial charge in [0.25, 0.3) is 0 Å². The molecule has 0 aliphatic rings. The fourth-order valence-electron chi connectivity index (χ4n) is 1.59. The average molecular weight is 210 g/mol. The van der Waals surface area contributed by atoms with E-state index in [1.54, 1.807) is 19.9 Å². The largest absolute Gasteiger partial charge is 0.481 e. The van der Waals surface area contributed by atoms with Gasteiger partial charge in [-0.1, -0.05) is 19.9 Å². The Morgan fingerprint density at radius 1 is 1.40 bits per heavy atom. The van der Waals surface area contributed by atoms with E-state index in [4.69, 9.17) is 5.11 Å². The molecule has 3 heteroatoms. The van der Waals surface area contributed by atoms with E-state index in [1.165, 1.54) is 12.1 Å². The summed E-state index contributed by atoms with van der Waals surface area (Å²) in [6, 6.07) is 4.48. The molecule has 0 aliphatic carbocycles. The Morgan fingerprint density at radius 2 is 2.00 bits per heavy atom. The molecule has 2 unspecified atom stereocenters. The highest BCUT2D eigenvalue weighted by molar-refractivity contribution is 5.71. The van der Waals surface area contributed by atoms with E-state index in [0.717, 1.165) is 11.1 Å². The van der Waals surface area contributed by atoms with Gasteiger partial charge in [0, 0.05) is 0 Å². The molecule has 0 saturated carbocycles. The molecule has 82 valence electrons. The number of carboxylic acids is 1. The zero-order valence-electron chi connectivity index (χ0n) is 9.12. The lowest BCUT2D eigenvalue weighted by molar-refractivity contribution is -0.141. The quantitative estimate of drug-likeness (QED) is 0.832. The number of aliphatic carboxylic acids is 1. The number of benzene rings is 1. The Morgan fingerprint density at radius 3 is 2.53 bits per heavy atom. The van der Waals surface area contributed by atoms with Crippen molar-refractivity contribution in [1.29, 1.82) is 0 Å². The summed E-state index contributed by atoms with van der Waals surface area (Å²) in [5.74, 6) is -1.87. The van der Waals surface area contributed by atoms with Crippen LogP contribution >= 0.6 is 0 Å². The number of hydrogen-bond acceptors (Lipinski definition) is 1. The maximum Gasteiger partial charge on any atom is 0.306 e. The van der Waals surface area contributed by atoms with Crippen molar-refractivity contribution in [1.82, 2.24) is 0 Å². The standard InChI is InChI=1S/C12H15FO2/c1-7-4-5-10(13)6-11(7)8(2)9(3)12(14)15/h4-6,8-9H,1-3H3,(H,14,15). The lowest BCUT2D eigenvalue weighted by Gasteiger charge is -2.18. The molecule has 15 heavy (non-hydrogen) atoms. The van der Waals surface area contributed by atoms with E-state index < -0.39 is 11.9 Å². The van der Waals surface area contributed by atoms with Crippen LogP contribution < -0.4 is 0 Å². The number of halogens is 1. The fraction of sp³-hybridized carbons (Fsp3) is 0.417. The van der Waals surface area contributed by atoms with Crippen molar-refractivity contribution in [3.05, 3.63) is 35.1 Å². The molecule has 0 aliphatic heterocycles. The molecule has 1 aromatic rings. The molecule has 0 bridgehead atoms. The van der Waals surface area contributed by atoms with Crippen LogP contribution in [-0.4, -0.2) is 11.1 Å². The van der Waals surface area contributed by atoms with Crippen LogP contribution in [0.4, 0.5) is 4.39 Å². The molecular formula is C12H15FO2. The third-order valence-corrected chi connectivity index (χ3v) is 2.87. The summed E-state index contributed by atoms with van der Waals surface area (Å²) in [5.41, 5.74) is 1.70. The molecule has 0 saturated heterocycles. The zero-order valence-corrected chi connectivity index (χ0v) is 9.12. The lowest BCUT2D eigenvalue weighted by Crippen LogP contribution is -2.17. The van der Waals surface area contributed by atoms with Crippen molar-refractivity contribution in [3.63, 3.8) is 0 Å². The minimum Gasteiger partial charge on any atom is -0.481 e. The third-order valence-electron chi connectivity index (χ3n) is 2.87. The first-order valence-corrected chi connectivity index (χ1v) is 4.92. The summed E-state index contributed by atoms with van der Waals surface area (Å²) in [7, 11) is 0. The van der Waals surface area contributed by atoms with Gasteiger partial charge in [0.05, 0.1) is 5.92 Å². The average Bonchev–Trinajstić information content (AvgIpc) is 2.19. The Labute approximate surface area is 88.7 Å². The van der Waals surface area contributed by atoms with Gasteiger partial charge in [0.2, 0.25) is 0 Å². The molecule has 0 fully saturated rings. The summed E-state index contributed by atoms with van der Waals surface area (Å²) in [6.45, 7) is 5.30. The Kier molecular flexibility index (Phi) is 3.45. The van der Waals surface area contributed by atoms with Gasteiger partial charge in [-0.2, -0.15) is 0 Å². The summed E-state index contributed by atoms with van der Waals surface area (Å²) in [5, 5.41) is 8.88. The normalized spacial score (nSPS) is 14.7. The molecule has 1 rings (SSSR count). The van der Waals surface area contributed by atoms with Crippen LogP contribution in [0, 0.1) is 18.7 Å². The second-order valence-corrected chi connectivity index (χ2v) is 3.92. The van der Waals surface area contributed by atoms with Gasteiger partial charge in [-0.15, -0.1) is 0 Å². The van der Waals surface area contributed by atoms with Gasteiger partial charge in [-0.05, 0) is 36.1 Å². The number of carbonyl (C=O) groups is 1. The van der Waals surface area contributed by atoms with E-state index >= 15 is 0 Å². The van der Waals surface area contributed by atoms with Crippen LogP contribution in [0.15, 0.2) is 18.2 Å². The van der Waals surface area contributed by atoms with E-state index in [-0.39, 0.29) is 11.7 Å². The summed E-state index contributed by atoms with van der Waals surface area (Å²) < 4.78 is 13.0. The van der Waals surface area contributed by atoms with Crippen molar-refractivity contribution in [2.75, 3.05) is 0 Å². The molecule has 0 spiro atoms. The monoisotopic (exact) mass is 210 g/mol. The number of aryl methyl sites for hydroxylation is 1. The molecule has 2 nitrogen and oxygen atoms in total. The topological polar surface area (TPSA) is 37.3 Å². The number of rotatable bonds is 3. The Bertz CT molecular complexity index is 374. The van der Waals surface area contributed by atoms with Gasteiger partial charge < -0.3 is 5.11 Å². The second-order valence-electron chi connectivity index (χ2n) is 3.92. The predicted octanol–water partition coefficient (Wildman–Crippen LogP) is 2.96. The molecule has 0 radical (unpaired) electrons. The first-order chi connectivity index (χ1) is 6.93. The molecule has 0 amide bonds. The van der Waals surface area contributed by atoms with E-state index in [9.17, 15) is 9.18 Å². The van der Waals surface area contributed by atoms with Gasteiger partial charge >= 0.3 is 5.97 Å². The van der Waals surface area contributed by atoms with Crippen molar-refractivity contribution < 1.29 is 14.3 Å². The minimum absolute atomic E-state index is 0.182. The highest BCUT2D eigenvalue weighted by Gasteiger charge is 2.22. The molecule has 0 aromatic heterocycles. The first-order valence-electron chi connectivity index (χ1n) is 4.92. The second kappa shape index (κ2) is 4.43. The molecule has 1 aromatic carbocycles. The van der Waals surface area contributed by atoms with Gasteiger partial charge in [-0.25, -0.2) is 4.39 Å². The van der Waals surface area contributed by atoms with Crippen LogP contribution in [0.1, 0.15) is 30.9 Å². The van der Waals surface area contributed by atoms with E-state index in [1.807, 2.05) is 6.92 Å². The Balaban J connectivity index is 3.04. The number of carboxylic acid groups (broad SMARTS) is 1. The maximum atomic E-state index is 13.0. The third kappa shape index (κ3) is 2.55. The zero-order chi connectivity index (χ0) is 11.6. The van der Waals surface area contributed by atoms with Crippen LogP contribution in [0.5, 0.6) is 0 Å². The fourth-order valence-corrected chi connectivity index (χ4v) is 1.59. The molecular weight excluding hydrogens is 195 g/mol. The predicted molar refractivity (Wildman–Crippen MR) is 56.4 cm³/mol. The summed E-state index contributed by atoms with van der Waals surface area (Å²) >= 11 is 0. The van der Waals surface area contributed by atoms with E-state index in [0.29, 0.717) is 0 Å². The minimum atomic E-state index is -0.855. The van der Waals surface area contributed by atoms with Crippen molar-refractivity contribution >= 4 is 5.97 Å². The maximum absolute atomic E-state index is 13.0. The van der Waals surface area contributed by atoms with Crippen molar-refractivity contribution in [2.45, 2.75) is 26.7 Å². The van der Waals surface area contributed by atoms with E-state index in [2.05, 4.69) is 0 Å². The highest BCUT2D eigenvalue weighted by Crippen LogP contribution is 2.27. The van der Waals surface area contributed by atoms with Gasteiger partial charge in [0.15, 0.2) is 0 Å². The van der Waals surface area contributed by atoms with Crippen LogP contribution in [0.2, 0.25) is 0 Å². The summed E-state index contributed by atoms with van der Waals surface area (Å²) in [6.07, 6.45) is 0. The molecule has 0 heterocycles. The first kappa shape index (κ1) is 11.7. The highest BCUT2D eigenvalue weighted by atomic mass is 19.1. The van der Waals surface area contributed by atoms with Gasteiger partial charge in [0.1, 0.15) is 5.82 Å².